The molecule has 38 heavy (non-hydrogen) atoms. The van der Waals surface area contributed by atoms with Gasteiger partial charge in [0.15, 0.2) is 5.82 Å². The molecular formula is C25H31F3N6O4. The molecule has 206 valence electrons. The Hall–Kier alpha value is -3.19. The number of ether oxygens (including phenoxy) is 1. The molecule has 2 aromatic heterocycles. The van der Waals surface area contributed by atoms with Crippen molar-refractivity contribution in [3.8, 4) is 17.1 Å². The zero-order valence-electron chi connectivity index (χ0n) is 21.1. The van der Waals surface area contributed by atoms with Crippen LogP contribution in [0.2, 0.25) is 0 Å². The molecule has 1 saturated carbocycles. The number of hydrogen-bond donors (Lipinski definition) is 3. The molecule has 3 aliphatic rings. The van der Waals surface area contributed by atoms with Gasteiger partial charge in [-0.2, -0.15) is 5.10 Å². The van der Waals surface area contributed by atoms with Gasteiger partial charge in [-0.15, -0.1) is 0 Å². The average molecular weight is 537 g/mol. The number of rotatable bonds is 8. The third-order valence-corrected chi connectivity index (χ3v) is 7.77. The quantitative estimate of drug-likeness (QED) is 0.470. The van der Waals surface area contributed by atoms with E-state index >= 15 is 0 Å². The number of amides is 2. The van der Waals surface area contributed by atoms with Gasteiger partial charge in [0.25, 0.3) is 11.8 Å². The summed E-state index contributed by atoms with van der Waals surface area (Å²) in [6, 6.07) is 2.69. The van der Waals surface area contributed by atoms with Gasteiger partial charge in [0.05, 0.1) is 25.5 Å². The Labute approximate surface area is 217 Å². The van der Waals surface area contributed by atoms with Gasteiger partial charge in [0.1, 0.15) is 12.3 Å². The van der Waals surface area contributed by atoms with Crippen LogP contribution in [0, 0.1) is 11.7 Å². The highest BCUT2D eigenvalue weighted by atomic mass is 19.3. The Morgan fingerprint density at radius 2 is 2.08 bits per heavy atom. The van der Waals surface area contributed by atoms with Crippen molar-refractivity contribution in [1.82, 2.24) is 30.3 Å². The fourth-order valence-corrected chi connectivity index (χ4v) is 5.58. The predicted molar refractivity (Wildman–Crippen MR) is 129 cm³/mol. The maximum atomic E-state index is 14.3. The highest BCUT2D eigenvalue weighted by Crippen LogP contribution is 2.50. The van der Waals surface area contributed by atoms with Crippen molar-refractivity contribution in [2.45, 2.75) is 49.6 Å². The molecule has 4 heterocycles. The van der Waals surface area contributed by atoms with Crippen LogP contribution in [0.3, 0.4) is 0 Å². The molecule has 2 aliphatic heterocycles. The number of halogens is 3. The molecule has 13 heteroatoms. The molecular weight excluding hydrogens is 505 g/mol. The van der Waals surface area contributed by atoms with E-state index in [1.807, 2.05) is 0 Å². The van der Waals surface area contributed by atoms with Crippen molar-refractivity contribution in [3.63, 3.8) is 0 Å². The monoisotopic (exact) mass is 536 g/mol. The van der Waals surface area contributed by atoms with Crippen LogP contribution in [0.5, 0.6) is 5.88 Å². The Morgan fingerprint density at radius 1 is 1.29 bits per heavy atom. The molecule has 0 unspecified atom stereocenters. The fourth-order valence-electron chi connectivity index (χ4n) is 5.58. The molecule has 0 bridgehead atoms. The maximum Gasteiger partial charge on any atom is 0.283 e. The number of methoxy groups -OCH3 is 1. The number of likely N-dealkylation sites (tertiary alicyclic amines) is 2. The van der Waals surface area contributed by atoms with Crippen LogP contribution < -0.4 is 10.1 Å². The first-order chi connectivity index (χ1) is 18.1. The van der Waals surface area contributed by atoms with E-state index in [1.165, 1.54) is 19.2 Å². The summed E-state index contributed by atoms with van der Waals surface area (Å²) in [5, 5.41) is 18.6. The SMILES string of the molecule is COc1cc(-c2cc(C(=O)N3CC[C@H](C(=O)N[C@@H]4CCN(CC(F)(F)CO)C4)CC34CC4)[nH]n2)c(F)cn1. The van der Waals surface area contributed by atoms with Crippen LogP contribution in [0.4, 0.5) is 13.2 Å². The standard InChI is InChI=1S/C25H31F3N6O4/c1-38-21-8-17(18(26)11-29-21)19-9-20(32-31-19)23(37)34-7-2-15(10-24(34)4-5-24)22(36)30-16-3-6-33(12-16)13-25(27,28)14-35/h8-9,11,15-16,35H,2-7,10,12-14H2,1H3,(H,30,36)(H,31,32)/t15-,16+/m0/s1. The molecule has 2 amide bonds. The van der Waals surface area contributed by atoms with E-state index in [4.69, 9.17) is 9.84 Å². The Kier molecular flexibility index (Phi) is 7.07. The number of aromatic nitrogens is 3. The summed E-state index contributed by atoms with van der Waals surface area (Å²) in [5.74, 6) is -4.17. The van der Waals surface area contributed by atoms with E-state index in [2.05, 4.69) is 20.5 Å². The lowest BCUT2D eigenvalue weighted by atomic mass is 9.87. The molecule has 1 aliphatic carbocycles. The van der Waals surface area contributed by atoms with Gasteiger partial charge in [-0.05, 0) is 38.2 Å². The van der Waals surface area contributed by atoms with Crippen molar-refractivity contribution in [2.75, 3.05) is 39.9 Å². The largest absolute Gasteiger partial charge is 0.481 e. The van der Waals surface area contributed by atoms with Gasteiger partial charge in [-0.3, -0.25) is 19.6 Å². The van der Waals surface area contributed by atoms with Crippen LogP contribution in [0.15, 0.2) is 18.3 Å². The lowest BCUT2D eigenvalue weighted by molar-refractivity contribution is -0.127. The second-order valence-electron chi connectivity index (χ2n) is 10.5. The fraction of sp³-hybridized carbons (Fsp3) is 0.600. The molecule has 5 rings (SSSR count). The van der Waals surface area contributed by atoms with E-state index in [1.54, 1.807) is 9.80 Å². The Balaban J connectivity index is 1.19. The van der Waals surface area contributed by atoms with E-state index in [9.17, 15) is 22.8 Å². The van der Waals surface area contributed by atoms with Crippen molar-refractivity contribution in [2.24, 2.45) is 5.92 Å². The number of carbonyl (C=O) groups excluding carboxylic acids is 2. The molecule has 3 fully saturated rings. The first-order valence-electron chi connectivity index (χ1n) is 12.7. The molecule has 1 spiro atoms. The molecule has 3 N–H and O–H groups in total. The number of pyridine rings is 1. The molecule has 10 nitrogen and oxygen atoms in total. The third kappa shape index (κ3) is 5.35. The van der Waals surface area contributed by atoms with Gasteiger partial charge in [0, 0.05) is 48.8 Å². The summed E-state index contributed by atoms with van der Waals surface area (Å²) >= 11 is 0. The van der Waals surface area contributed by atoms with E-state index < -0.39 is 30.4 Å². The second kappa shape index (κ2) is 10.2. The number of H-pyrrole nitrogens is 1. The van der Waals surface area contributed by atoms with Gasteiger partial charge < -0.3 is 20.1 Å². The summed E-state index contributed by atoms with van der Waals surface area (Å²) in [6.45, 7) is -0.594. The number of aromatic amines is 1. The number of aliphatic hydroxyl groups excluding tert-OH is 1. The lowest BCUT2D eigenvalue weighted by Crippen LogP contribution is -2.52. The molecule has 0 radical (unpaired) electrons. The van der Waals surface area contributed by atoms with Crippen molar-refractivity contribution in [3.05, 3.63) is 29.8 Å². The zero-order valence-corrected chi connectivity index (χ0v) is 21.1. The lowest BCUT2D eigenvalue weighted by Gasteiger charge is -2.39. The van der Waals surface area contributed by atoms with Crippen LogP contribution in [0.1, 0.15) is 42.6 Å². The number of alkyl halides is 2. The van der Waals surface area contributed by atoms with Crippen molar-refractivity contribution >= 4 is 11.8 Å². The second-order valence-corrected chi connectivity index (χ2v) is 10.5. The van der Waals surface area contributed by atoms with Crippen molar-refractivity contribution in [1.29, 1.82) is 0 Å². The predicted octanol–water partition coefficient (Wildman–Crippen LogP) is 1.82. The molecule has 0 aromatic carbocycles. The molecule has 2 atom stereocenters. The smallest absolute Gasteiger partial charge is 0.283 e. The first-order valence-corrected chi connectivity index (χ1v) is 12.7. The van der Waals surface area contributed by atoms with Crippen molar-refractivity contribution < 1.29 is 32.6 Å². The first kappa shape index (κ1) is 26.4. The number of nitrogens with zero attached hydrogens (tertiary/aromatic N) is 4. The number of aliphatic hydroxyl groups is 1. The number of piperidine rings is 1. The highest BCUT2D eigenvalue weighted by molar-refractivity contribution is 5.94. The minimum atomic E-state index is -3.16. The van der Waals surface area contributed by atoms with Crippen LogP contribution in [0.25, 0.3) is 11.3 Å². The van der Waals surface area contributed by atoms with Crippen LogP contribution in [-0.2, 0) is 4.79 Å². The topological polar surface area (TPSA) is 124 Å². The normalized spacial score (nSPS) is 23.0. The van der Waals surface area contributed by atoms with E-state index in [-0.39, 0.29) is 46.6 Å². The Bertz CT molecular complexity index is 1200. The highest BCUT2D eigenvalue weighted by Gasteiger charge is 2.54. The summed E-state index contributed by atoms with van der Waals surface area (Å²) in [4.78, 5) is 33.5. The molecule has 2 saturated heterocycles. The van der Waals surface area contributed by atoms with Crippen LogP contribution in [-0.4, -0.2) is 99.3 Å². The summed E-state index contributed by atoms with van der Waals surface area (Å²) < 4.78 is 46.4. The Morgan fingerprint density at radius 3 is 2.79 bits per heavy atom. The minimum absolute atomic E-state index is 0.116. The summed E-state index contributed by atoms with van der Waals surface area (Å²) in [5.41, 5.74) is 0.246. The van der Waals surface area contributed by atoms with E-state index in [0.29, 0.717) is 38.9 Å². The van der Waals surface area contributed by atoms with Gasteiger partial charge in [-0.25, -0.2) is 18.2 Å². The van der Waals surface area contributed by atoms with Crippen LogP contribution >= 0.6 is 0 Å². The van der Waals surface area contributed by atoms with Gasteiger partial charge in [0.2, 0.25) is 11.8 Å². The summed E-state index contributed by atoms with van der Waals surface area (Å²) in [7, 11) is 1.42. The van der Waals surface area contributed by atoms with E-state index in [0.717, 1.165) is 19.0 Å². The minimum Gasteiger partial charge on any atom is -0.481 e. The number of nitrogens with one attached hydrogen (secondary N) is 2. The zero-order chi connectivity index (χ0) is 27.1. The third-order valence-electron chi connectivity index (χ3n) is 7.77. The molecule has 2 aromatic rings. The average Bonchev–Trinajstić information content (AvgIpc) is 3.28. The summed E-state index contributed by atoms with van der Waals surface area (Å²) in [6.07, 6.45) is 4.19. The number of hydrogen-bond acceptors (Lipinski definition) is 7. The number of carbonyl (C=O) groups is 2. The van der Waals surface area contributed by atoms with Gasteiger partial charge >= 0.3 is 0 Å². The maximum absolute atomic E-state index is 14.3. The van der Waals surface area contributed by atoms with Gasteiger partial charge in [-0.1, -0.05) is 0 Å².